The van der Waals surface area contributed by atoms with Crippen molar-refractivity contribution in [2.45, 2.75) is 25.7 Å². The largest absolute Gasteiger partial charge is 0.481 e. The summed E-state index contributed by atoms with van der Waals surface area (Å²) in [4.78, 5) is 29.9. The van der Waals surface area contributed by atoms with E-state index in [4.69, 9.17) is 0 Å². The topological polar surface area (TPSA) is 70.5 Å². The van der Waals surface area contributed by atoms with E-state index in [0.717, 1.165) is 16.7 Å². The zero-order valence-electron chi connectivity index (χ0n) is 14.3. The molecular weight excluding hydrogens is 316 g/mol. The zero-order valence-corrected chi connectivity index (χ0v) is 14.3. The van der Waals surface area contributed by atoms with Gasteiger partial charge in [-0.3, -0.25) is 14.6 Å². The zero-order chi connectivity index (χ0) is 17.8. The number of aryl methyl sites for hydroxylation is 2. The number of benzene rings is 1. The minimum atomic E-state index is -0.835. The van der Waals surface area contributed by atoms with Crippen LogP contribution in [0.3, 0.4) is 0 Å². The molecule has 1 amide bonds. The first-order valence-electron chi connectivity index (χ1n) is 8.51. The first-order chi connectivity index (χ1) is 12.1. The predicted molar refractivity (Wildman–Crippen MR) is 94.2 cm³/mol. The number of carboxylic acid groups (broad SMARTS) is 1. The molecule has 2 aromatic rings. The molecule has 2 heterocycles. The highest BCUT2D eigenvalue weighted by Crippen LogP contribution is 2.34. The van der Waals surface area contributed by atoms with Gasteiger partial charge in [-0.15, -0.1) is 0 Å². The smallest absolute Gasteiger partial charge is 0.308 e. The van der Waals surface area contributed by atoms with Crippen LogP contribution >= 0.6 is 0 Å². The first-order valence-corrected chi connectivity index (χ1v) is 8.51. The highest BCUT2D eigenvalue weighted by molar-refractivity contribution is 5.80. The number of pyridine rings is 1. The van der Waals surface area contributed by atoms with E-state index in [0.29, 0.717) is 19.4 Å². The maximum atomic E-state index is 12.6. The molecule has 0 saturated carbocycles. The lowest BCUT2D eigenvalue weighted by Crippen LogP contribution is -2.30. The summed E-state index contributed by atoms with van der Waals surface area (Å²) >= 11 is 0. The average molecular weight is 338 g/mol. The van der Waals surface area contributed by atoms with Gasteiger partial charge in [-0.2, -0.15) is 0 Å². The molecule has 5 nitrogen and oxygen atoms in total. The van der Waals surface area contributed by atoms with Gasteiger partial charge >= 0.3 is 5.97 Å². The summed E-state index contributed by atoms with van der Waals surface area (Å²) in [6.07, 6.45) is 4.45. The summed E-state index contributed by atoms with van der Waals surface area (Å²) < 4.78 is 0. The van der Waals surface area contributed by atoms with Gasteiger partial charge in [0.25, 0.3) is 0 Å². The van der Waals surface area contributed by atoms with E-state index in [9.17, 15) is 14.7 Å². The van der Waals surface area contributed by atoms with Crippen molar-refractivity contribution < 1.29 is 14.7 Å². The molecule has 0 unspecified atom stereocenters. The van der Waals surface area contributed by atoms with Crippen LogP contribution in [0.15, 0.2) is 48.8 Å². The maximum absolute atomic E-state index is 12.6. The monoisotopic (exact) mass is 338 g/mol. The summed E-state index contributed by atoms with van der Waals surface area (Å²) in [7, 11) is 0. The van der Waals surface area contributed by atoms with Gasteiger partial charge in [0.2, 0.25) is 5.91 Å². The molecule has 1 aromatic carbocycles. The molecule has 1 fully saturated rings. The van der Waals surface area contributed by atoms with Crippen LogP contribution in [0.5, 0.6) is 0 Å². The fraction of sp³-hybridized carbons (Fsp3) is 0.350. The number of likely N-dealkylation sites (tertiary alicyclic amines) is 1. The van der Waals surface area contributed by atoms with Crippen LogP contribution in [0.2, 0.25) is 0 Å². The highest BCUT2D eigenvalue weighted by Gasteiger charge is 2.40. The summed E-state index contributed by atoms with van der Waals surface area (Å²) in [5.41, 5.74) is 3.16. The van der Waals surface area contributed by atoms with E-state index >= 15 is 0 Å². The van der Waals surface area contributed by atoms with Crippen molar-refractivity contribution in [2.24, 2.45) is 5.92 Å². The van der Waals surface area contributed by atoms with Crippen LogP contribution in [0.4, 0.5) is 0 Å². The minimum Gasteiger partial charge on any atom is -0.481 e. The molecule has 1 aromatic heterocycles. The van der Waals surface area contributed by atoms with Crippen LogP contribution in [-0.2, 0) is 16.0 Å². The number of carbonyl (C=O) groups is 2. The molecule has 1 aliphatic heterocycles. The number of aliphatic carboxylic acids is 1. The Morgan fingerprint density at radius 3 is 2.56 bits per heavy atom. The Morgan fingerprint density at radius 2 is 1.88 bits per heavy atom. The molecule has 0 radical (unpaired) electrons. The third-order valence-corrected chi connectivity index (χ3v) is 4.95. The van der Waals surface area contributed by atoms with Crippen molar-refractivity contribution in [1.29, 1.82) is 0 Å². The summed E-state index contributed by atoms with van der Waals surface area (Å²) in [6, 6.07) is 11.6. The Bertz CT molecular complexity index is 761. The fourth-order valence-corrected chi connectivity index (χ4v) is 3.53. The molecule has 130 valence electrons. The van der Waals surface area contributed by atoms with Crippen LogP contribution in [0.1, 0.15) is 29.0 Å². The van der Waals surface area contributed by atoms with E-state index in [-0.39, 0.29) is 18.4 Å². The van der Waals surface area contributed by atoms with Crippen LogP contribution in [0, 0.1) is 12.8 Å². The Labute approximate surface area is 147 Å². The summed E-state index contributed by atoms with van der Waals surface area (Å²) in [5, 5.41) is 9.60. The Kier molecular flexibility index (Phi) is 5.12. The third kappa shape index (κ3) is 3.87. The second kappa shape index (κ2) is 7.47. The molecule has 0 spiro atoms. The quantitative estimate of drug-likeness (QED) is 0.910. The van der Waals surface area contributed by atoms with Gasteiger partial charge in [0.15, 0.2) is 0 Å². The molecule has 3 rings (SSSR count). The van der Waals surface area contributed by atoms with Crippen LogP contribution in [0.25, 0.3) is 0 Å². The molecule has 1 saturated heterocycles. The molecule has 0 aliphatic carbocycles. The van der Waals surface area contributed by atoms with Crippen molar-refractivity contribution in [2.75, 3.05) is 13.1 Å². The first kappa shape index (κ1) is 17.1. The highest BCUT2D eigenvalue weighted by atomic mass is 16.4. The molecular formula is C20H22N2O3. The average Bonchev–Trinajstić information content (AvgIpc) is 3.06. The summed E-state index contributed by atoms with van der Waals surface area (Å²) in [5.74, 6) is -1.52. The van der Waals surface area contributed by atoms with Gasteiger partial charge < -0.3 is 10.0 Å². The van der Waals surface area contributed by atoms with E-state index in [1.807, 2.05) is 43.3 Å². The standard InChI is InChI=1S/C20H22N2O3/c1-14-4-2-3-5-16(14)17-12-22(13-18(17)20(24)25)19(23)7-6-15-8-10-21-11-9-15/h2-5,8-11,17-18H,6-7,12-13H2,1H3,(H,24,25)/t17-,18+/m0/s1. The Hall–Kier alpha value is -2.69. The number of amides is 1. The van der Waals surface area contributed by atoms with Crippen molar-refractivity contribution in [1.82, 2.24) is 9.88 Å². The number of hydrogen-bond donors (Lipinski definition) is 1. The van der Waals surface area contributed by atoms with Gasteiger partial charge in [-0.05, 0) is 42.2 Å². The van der Waals surface area contributed by atoms with Crippen LogP contribution < -0.4 is 0 Å². The molecule has 25 heavy (non-hydrogen) atoms. The number of nitrogens with zero attached hydrogens (tertiary/aromatic N) is 2. The number of aromatic nitrogens is 1. The lowest BCUT2D eigenvalue weighted by Gasteiger charge is -2.18. The molecule has 5 heteroatoms. The van der Waals surface area contributed by atoms with Crippen LogP contribution in [-0.4, -0.2) is 40.0 Å². The van der Waals surface area contributed by atoms with Crippen molar-refractivity contribution >= 4 is 11.9 Å². The minimum absolute atomic E-state index is 0.0131. The van der Waals surface area contributed by atoms with Gasteiger partial charge in [0, 0.05) is 37.8 Å². The Morgan fingerprint density at radius 1 is 1.16 bits per heavy atom. The number of carboxylic acids is 1. The molecule has 0 bridgehead atoms. The van der Waals surface area contributed by atoms with Crippen molar-refractivity contribution in [3.63, 3.8) is 0 Å². The molecule has 2 atom stereocenters. The Balaban J connectivity index is 1.70. The van der Waals surface area contributed by atoms with Gasteiger partial charge in [-0.25, -0.2) is 0 Å². The van der Waals surface area contributed by atoms with Gasteiger partial charge in [0.1, 0.15) is 0 Å². The van der Waals surface area contributed by atoms with Gasteiger partial charge in [0.05, 0.1) is 5.92 Å². The van der Waals surface area contributed by atoms with E-state index in [2.05, 4.69) is 4.98 Å². The second-order valence-corrected chi connectivity index (χ2v) is 6.56. The van der Waals surface area contributed by atoms with E-state index in [1.165, 1.54) is 0 Å². The van der Waals surface area contributed by atoms with Crippen molar-refractivity contribution in [3.05, 3.63) is 65.5 Å². The number of rotatable bonds is 5. The molecule has 1 N–H and O–H groups in total. The number of carbonyl (C=O) groups excluding carboxylic acids is 1. The predicted octanol–water partition coefficient (Wildman–Crippen LogP) is 2.65. The normalized spacial score (nSPS) is 19.8. The lowest BCUT2D eigenvalue weighted by molar-refractivity contribution is -0.141. The maximum Gasteiger partial charge on any atom is 0.308 e. The van der Waals surface area contributed by atoms with Crippen molar-refractivity contribution in [3.8, 4) is 0 Å². The number of hydrogen-bond acceptors (Lipinski definition) is 3. The fourth-order valence-electron chi connectivity index (χ4n) is 3.53. The van der Waals surface area contributed by atoms with E-state index in [1.54, 1.807) is 17.3 Å². The molecule has 1 aliphatic rings. The second-order valence-electron chi connectivity index (χ2n) is 6.56. The SMILES string of the molecule is Cc1ccccc1[C@@H]1CN(C(=O)CCc2ccncc2)C[C@H]1C(=O)O. The lowest BCUT2D eigenvalue weighted by atomic mass is 9.86. The van der Waals surface area contributed by atoms with Gasteiger partial charge in [-0.1, -0.05) is 24.3 Å². The van der Waals surface area contributed by atoms with E-state index < -0.39 is 11.9 Å². The summed E-state index contributed by atoms with van der Waals surface area (Å²) in [6.45, 7) is 2.74. The third-order valence-electron chi connectivity index (χ3n) is 4.95.